The first-order valence-corrected chi connectivity index (χ1v) is 7.30. The van der Waals surface area contributed by atoms with Crippen LogP contribution in [0.1, 0.15) is 38.7 Å². The van der Waals surface area contributed by atoms with Crippen molar-refractivity contribution in [1.29, 1.82) is 0 Å². The minimum absolute atomic E-state index is 0.0243. The minimum Gasteiger partial charge on any atom is -0.504 e. The fourth-order valence-electron chi connectivity index (χ4n) is 1.82. The lowest BCUT2D eigenvalue weighted by molar-refractivity contribution is -0.121. The van der Waals surface area contributed by atoms with E-state index in [1.54, 1.807) is 18.2 Å². The molecular weight excluding hydrogens is 266 g/mol. The molecule has 1 aromatic carbocycles. The number of phenols is 1. The number of carbonyl (C=O) groups is 1. The second kappa shape index (κ2) is 9.06. The third kappa shape index (κ3) is 6.84. The van der Waals surface area contributed by atoms with E-state index in [0.717, 1.165) is 18.4 Å². The summed E-state index contributed by atoms with van der Waals surface area (Å²) in [6.45, 7) is 4.77. The van der Waals surface area contributed by atoms with Crippen molar-refractivity contribution in [3.05, 3.63) is 35.9 Å². The average Bonchev–Trinajstić information content (AvgIpc) is 2.45. The molecule has 1 aromatic rings. The lowest BCUT2D eigenvalue weighted by Gasteiger charge is -2.08. The molecular formula is C17H25NO3. The van der Waals surface area contributed by atoms with Crippen LogP contribution in [0.5, 0.6) is 11.5 Å². The summed E-state index contributed by atoms with van der Waals surface area (Å²) in [5, 5.41) is 12.4. The molecule has 0 radical (unpaired) electrons. The molecule has 0 bridgehead atoms. The zero-order valence-electron chi connectivity index (χ0n) is 13.1. The quantitative estimate of drug-likeness (QED) is 0.722. The Labute approximate surface area is 126 Å². The first-order chi connectivity index (χ1) is 10.0. The molecule has 0 saturated heterocycles. The van der Waals surface area contributed by atoms with Gasteiger partial charge in [0.15, 0.2) is 11.5 Å². The van der Waals surface area contributed by atoms with Gasteiger partial charge in [0.2, 0.25) is 5.91 Å². The van der Waals surface area contributed by atoms with Gasteiger partial charge < -0.3 is 15.2 Å². The number of amides is 1. The molecule has 0 aliphatic carbocycles. The topological polar surface area (TPSA) is 58.6 Å². The highest BCUT2D eigenvalue weighted by molar-refractivity contribution is 5.76. The summed E-state index contributed by atoms with van der Waals surface area (Å²) >= 11 is 0. The maximum atomic E-state index is 11.7. The summed E-state index contributed by atoms with van der Waals surface area (Å²) in [5.41, 5.74) is 0.897. The van der Waals surface area contributed by atoms with Crippen LogP contribution in [0.15, 0.2) is 30.4 Å². The third-order valence-electron chi connectivity index (χ3n) is 3.05. The number of ether oxygens (including phenoxy) is 1. The molecule has 116 valence electrons. The van der Waals surface area contributed by atoms with Crippen molar-refractivity contribution in [2.75, 3.05) is 7.11 Å². The summed E-state index contributed by atoms with van der Waals surface area (Å²) in [5.74, 6) is 1.19. The Morgan fingerprint density at radius 1 is 1.38 bits per heavy atom. The lowest BCUT2D eigenvalue weighted by atomic mass is 10.1. The van der Waals surface area contributed by atoms with E-state index < -0.39 is 0 Å². The summed E-state index contributed by atoms with van der Waals surface area (Å²) in [6.07, 6.45) is 6.49. The molecule has 0 aliphatic rings. The van der Waals surface area contributed by atoms with Crippen LogP contribution >= 0.6 is 0 Å². The molecule has 0 saturated carbocycles. The van der Waals surface area contributed by atoms with Crippen molar-refractivity contribution in [3.63, 3.8) is 0 Å². The van der Waals surface area contributed by atoms with Crippen LogP contribution in [0, 0.1) is 5.92 Å². The average molecular weight is 291 g/mol. The number of carbonyl (C=O) groups excluding carboxylic acids is 1. The molecule has 0 aromatic heterocycles. The Kier molecular flexibility index (Phi) is 7.37. The van der Waals surface area contributed by atoms with E-state index in [4.69, 9.17) is 4.74 Å². The lowest BCUT2D eigenvalue weighted by Crippen LogP contribution is -2.22. The van der Waals surface area contributed by atoms with Crippen LogP contribution in [0.2, 0.25) is 0 Å². The van der Waals surface area contributed by atoms with E-state index in [0.29, 0.717) is 24.6 Å². The summed E-state index contributed by atoms with van der Waals surface area (Å²) in [4.78, 5) is 11.7. The van der Waals surface area contributed by atoms with Crippen LogP contribution < -0.4 is 10.1 Å². The highest BCUT2D eigenvalue weighted by Gasteiger charge is 2.04. The Balaban J connectivity index is 2.31. The van der Waals surface area contributed by atoms with Crippen molar-refractivity contribution in [2.24, 2.45) is 5.92 Å². The Hall–Kier alpha value is -1.97. The first-order valence-electron chi connectivity index (χ1n) is 7.30. The second-order valence-electron chi connectivity index (χ2n) is 5.42. The minimum atomic E-state index is 0.0243. The predicted molar refractivity (Wildman–Crippen MR) is 84.3 cm³/mol. The molecule has 0 fully saturated rings. The van der Waals surface area contributed by atoms with Gasteiger partial charge in [-0.05, 0) is 36.5 Å². The van der Waals surface area contributed by atoms with Gasteiger partial charge in [-0.15, -0.1) is 0 Å². The van der Waals surface area contributed by atoms with Gasteiger partial charge in [0, 0.05) is 13.0 Å². The van der Waals surface area contributed by atoms with E-state index in [9.17, 15) is 9.90 Å². The maximum absolute atomic E-state index is 11.7. The van der Waals surface area contributed by atoms with Crippen molar-refractivity contribution >= 4 is 5.91 Å². The van der Waals surface area contributed by atoms with Gasteiger partial charge in [0.05, 0.1) is 7.11 Å². The summed E-state index contributed by atoms with van der Waals surface area (Å²) in [7, 11) is 1.50. The number of benzene rings is 1. The van der Waals surface area contributed by atoms with Gasteiger partial charge >= 0.3 is 0 Å². The van der Waals surface area contributed by atoms with Crippen LogP contribution in [0.3, 0.4) is 0 Å². The van der Waals surface area contributed by atoms with Crippen LogP contribution in [0.4, 0.5) is 0 Å². The molecule has 0 heterocycles. The molecule has 0 aliphatic heterocycles. The smallest absolute Gasteiger partial charge is 0.220 e. The van der Waals surface area contributed by atoms with Gasteiger partial charge in [-0.1, -0.05) is 32.1 Å². The zero-order valence-corrected chi connectivity index (χ0v) is 13.1. The normalized spacial score (nSPS) is 11.0. The van der Waals surface area contributed by atoms with Crippen LogP contribution in [-0.2, 0) is 11.3 Å². The standard InChI is InChI=1S/C17H25NO3/c1-13(2)7-5-4-6-8-17(20)18-12-14-9-10-15(19)16(11-14)21-3/h4-5,9-11,13,19H,6-8,12H2,1-3H3,(H,18,20). The molecule has 1 amide bonds. The van der Waals surface area contributed by atoms with Crippen molar-refractivity contribution in [2.45, 2.75) is 39.7 Å². The van der Waals surface area contributed by atoms with Crippen molar-refractivity contribution in [3.8, 4) is 11.5 Å². The van der Waals surface area contributed by atoms with Gasteiger partial charge in [0.1, 0.15) is 0 Å². The molecule has 0 atom stereocenters. The maximum Gasteiger partial charge on any atom is 0.220 e. The molecule has 2 N–H and O–H groups in total. The number of aromatic hydroxyl groups is 1. The van der Waals surface area contributed by atoms with Crippen molar-refractivity contribution < 1.29 is 14.6 Å². The highest BCUT2D eigenvalue weighted by Crippen LogP contribution is 2.26. The van der Waals surface area contributed by atoms with E-state index in [-0.39, 0.29) is 11.7 Å². The molecule has 0 spiro atoms. The van der Waals surface area contributed by atoms with E-state index in [1.165, 1.54) is 7.11 Å². The van der Waals surface area contributed by atoms with Gasteiger partial charge in [-0.3, -0.25) is 4.79 Å². The van der Waals surface area contributed by atoms with E-state index in [1.807, 2.05) is 0 Å². The van der Waals surface area contributed by atoms with Crippen LogP contribution in [0.25, 0.3) is 0 Å². The van der Waals surface area contributed by atoms with Gasteiger partial charge in [0.25, 0.3) is 0 Å². The van der Waals surface area contributed by atoms with E-state index >= 15 is 0 Å². The van der Waals surface area contributed by atoms with Crippen molar-refractivity contribution in [1.82, 2.24) is 5.32 Å². The largest absolute Gasteiger partial charge is 0.504 e. The Bertz CT molecular complexity index is 481. The Morgan fingerprint density at radius 2 is 2.14 bits per heavy atom. The number of hydrogen-bond acceptors (Lipinski definition) is 3. The fourth-order valence-corrected chi connectivity index (χ4v) is 1.82. The number of hydrogen-bond donors (Lipinski definition) is 2. The number of allylic oxidation sites excluding steroid dienone is 2. The van der Waals surface area contributed by atoms with Gasteiger partial charge in [-0.25, -0.2) is 0 Å². The fraction of sp³-hybridized carbons (Fsp3) is 0.471. The highest BCUT2D eigenvalue weighted by atomic mass is 16.5. The number of methoxy groups -OCH3 is 1. The molecule has 4 nitrogen and oxygen atoms in total. The molecule has 1 rings (SSSR count). The molecule has 21 heavy (non-hydrogen) atoms. The van der Waals surface area contributed by atoms with Crippen LogP contribution in [-0.4, -0.2) is 18.1 Å². The third-order valence-corrected chi connectivity index (χ3v) is 3.05. The SMILES string of the molecule is COc1cc(CNC(=O)CCC=CCC(C)C)ccc1O. The predicted octanol–water partition coefficient (Wildman–Crippen LogP) is 3.40. The van der Waals surface area contributed by atoms with E-state index in [2.05, 4.69) is 31.3 Å². The summed E-state index contributed by atoms with van der Waals surface area (Å²) in [6, 6.07) is 5.05. The Morgan fingerprint density at radius 3 is 2.81 bits per heavy atom. The summed E-state index contributed by atoms with van der Waals surface area (Å²) < 4.78 is 5.03. The second-order valence-corrected chi connectivity index (χ2v) is 5.42. The molecule has 4 heteroatoms. The monoisotopic (exact) mass is 291 g/mol. The van der Waals surface area contributed by atoms with Gasteiger partial charge in [-0.2, -0.15) is 0 Å². The number of phenolic OH excluding ortho intramolecular Hbond substituents is 1. The zero-order chi connectivity index (χ0) is 15.7. The number of rotatable bonds is 8. The molecule has 0 unspecified atom stereocenters. The number of nitrogens with one attached hydrogen (secondary N) is 1. The first kappa shape index (κ1) is 17.1.